The average Bonchev–Trinajstić information content (AvgIpc) is 3.26. The van der Waals surface area contributed by atoms with E-state index in [1.807, 2.05) is 66.9 Å². The molecule has 0 unspecified atom stereocenters. The smallest absolute Gasteiger partial charge is 0.204 e. The number of hydrogen-bond acceptors (Lipinski definition) is 5. The van der Waals surface area contributed by atoms with Crippen LogP contribution < -0.4 is 0 Å². The summed E-state index contributed by atoms with van der Waals surface area (Å²) in [6.07, 6.45) is 0.645. The maximum atomic E-state index is 12.0. The molecule has 1 aliphatic rings. The van der Waals surface area contributed by atoms with Gasteiger partial charge in [-0.2, -0.15) is 0 Å². The van der Waals surface area contributed by atoms with Gasteiger partial charge < -0.3 is 0 Å². The Morgan fingerprint density at radius 1 is 1.16 bits per heavy atom. The van der Waals surface area contributed by atoms with E-state index in [2.05, 4.69) is 4.90 Å². The van der Waals surface area contributed by atoms with E-state index >= 15 is 0 Å². The number of halogens is 1. The monoisotopic (exact) mass is 476 g/mol. The predicted octanol–water partition coefficient (Wildman–Crippen LogP) is 4.50. The largest absolute Gasteiger partial charge is 0.281 e. The molecule has 6 nitrogen and oxygen atoms in total. The van der Waals surface area contributed by atoms with E-state index in [0.29, 0.717) is 22.9 Å². The minimum Gasteiger partial charge on any atom is -0.281 e. The molecule has 164 valence electrons. The number of nitrogens with zero attached hydrogens (tertiary/aromatic N) is 4. The molecule has 2 heterocycles. The van der Waals surface area contributed by atoms with Crippen molar-refractivity contribution in [2.75, 3.05) is 18.1 Å². The van der Waals surface area contributed by atoms with Crippen molar-refractivity contribution in [2.24, 2.45) is 0 Å². The number of sulfone groups is 1. The third-order valence-electron chi connectivity index (χ3n) is 5.68. The van der Waals surface area contributed by atoms with Crippen LogP contribution in [0.15, 0.2) is 48.5 Å². The van der Waals surface area contributed by atoms with Crippen LogP contribution in [0.4, 0.5) is 0 Å². The maximum absolute atomic E-state index is 12.0. The van der Waals surface area contributed by atoms with Gasteiger partial charge in [0.2, 0.25) is 4.77 Å². The molecule has 0 radical (unpaired) electrons. The number of rotatable bonds is 6. The lowest BCUT2D eigenvalue weighted by Crippen LogP contribution is -2.37. The van der Waals surface area contributed by atoms with Gasteiger partial charge >= 0.3 is 0 Å². The molecule has 0 N–H and O–H groups in total. The first-order valence-corrected chi connectivity index (χ1v) is 12.9. The summed E-state index contributed by atoms with van der Waals surface area (Å²) in [6.45, 7) is 5.24. The third kappa shape index (κ3) is 4.77. The van der Waals surface area contributed by atoms with Gasteiger partial charge in [-0.15, -0.1) is 5.10 Å². The van der Waals surface area contributed by atoms with Crippen LogP contribution in [0.25, 0.3) is 17.1 Å². The van der Waals surface area contributed by atoms with E-state index in [0.717, 1.165) is 23.6 Å². The summed E-state index contributed by atoms with van der Waals surface area (Å²) in [5.41, 5.74) is 3.00. The zero-order chi connectivity index (χ0) is 22.2. The molecule has 1 fully saturated rings. The zero-order valence-electron chi connectivity index (χ0n) is 17.5. The summed E-state index contributed by atoms with van der Waals surface area (Å²) in [6, 6.07) is 15.6. The Labute approximate surface area is 193 Å². The molecule has 4 rings (SSSR count). The summed E-state index contributed by atoms with van der Waals surface area (Å²) in [4.78, 5) is 2.14. The standard InChI is InChI=1S/C22H25ClN4O2S2/c1-3-25(20-12-13-31(28,29)14-20)15-26-22(30)27(19-10-8-18(23)9-11-19)21(24-26)17-6-4-16(2)5-7-17/h4-11,20H,3,12-15H2,1-2H3/t20-/m1/s1. The van der Waals surface area contributed by atoms with Gasteiger partial charge in [0.15, 0.2) is 15.7 Å². The molecule has 1 aliphatic heterocycles. The lowest BCUT2D eigenvalue weighted by Gasteiger charge is -2.26. The fraction of sp³-hybridized carbons (Fsp3) is 0.364. The van der Waals surface area contributed by atoms with E-state index in [4.69, 9.17) is 28.9 Å². The predicted molar refractivity (Wildman–Crippen MR) is 127 cm³/mol. The second kappa shape index (κ2) is 8.86. The highest BCUT2D eigenvalue weighted by Gasteiger charge is 2.32. The van der Waals surface area contributed by atoms with Crippen molar-refractivity contribution in [3.8, 4) is 17.1 Å². The Balaban J connectivity index is 1.76. The first-order valence-electron chi connectivity index (χ1n) is 10.2. The van der Waals surface area contributed by atoms with Gasteiger partial charge in [0.25, 0.3) is 0 Å². The van der Waals surface area contributed by atoms with Crippen LogP contribution in [0, 0.1) is 11.7 Å². The van der Waals surface area contributed by atoms with Crippen LogP contribution in [0.3, 0.4) is 0 Å². The number of aromatic nitrogens is 3. The van der Waals surface area contributed by atoms with Gasteiger partial charge in [0.05, 0.1) is 23.9 Å². The molecule has 0 aliphatic carbocycles. The van der Waals surface area contributed by atoms with Gasteiger partial charge in [0, 0.05) is 16.6 Å². The minimum atomic E-state index is -2.97. The molecule has 3 aromatic rings. The van der Waals surface area contributed by atoms with E-state index < -0.39 is 9.84 Å². The Morgan fingerprint density at radius 2 is 1.84 bits per heavy atom. The summed E-state index contributed by atoms with van der Waals surface area (Å²) >= 11 is 11.9. The highest BCUT2D eigenvalue weighted by Crippen LogP contribution is 2.25. The molecule has 9 heteroatoms. The van der Waals surface area contributed by atoms with Crippen LogP contribution in [0.1, 0.15) is 18.9 Å². The molecule has 31 heavy (non-hydrogen) atoms. The van der Waals surface area contributed by atoms with Crippen molar-refractivity contribution in [1.82, 2.24) is 19.2 Å². The molecule has 0 amide bonds. The molecule has 1 atom stereocenters. The molecular weight excluding hydrogens is 452 g/mol. The molecular formula is C22H25ClN4O2S2. The quantitative estimate of drug-likeness (QED) is 0.490. The first-order chi connectivity index (χ1) is 14.8. The molecule has 0 spiro atoms. The van der Waals surface area contributed by atoms with E-state index in [1.54, 1.807) is 4.68 Å². The fourth-order valence-electron chi connectivity index (χ4n) is 3.92. The SMILES string of the molecule is CCN(Cn1nc(-c2ccc(C)cc2)n(-c2ccc(Cl)cc2)c1=S)[C@@H]1CCS(=O)(=O)C1. The Kier molecular flexibility index (Phi) is 6.35. The van der Waals surface area contributed by atoms with Crippen LogP contribution in [-0.2, 0) is 16.5 Å². The third-order valence-corrected chi connectivity index (χ3v) is 8.08. The Hall–Kier alpha value is -2.00. The first kappa shape index (κ1) is 22.2. The highest BCUT2D eigenvalue weighted by molar-refractivity contribution is 7.91. The summed E-state index contributed by atoms with van der Waals surface area (Å²) in [5.74, 6) is 1.17. The Morgan fingerprint density at radius 3 is 2.42 bits per heavy atom. The molecule has 0 saturated carbocycles. The Bertz CT molecular complexity index is 1230. The zero-order valence-corrected chi connectivity index (χ0v) is 19.9. The number of benzene rings is 2. The topological polar surface area (TPSA) is 60.1 Å². The highest BCUT2D eigenvalue weighted by atomic mass is 35.5. The summed E-state index contributed by atoms with van der Waals surface area (Å²) < 4.78 is 28.2. The number of hydrogen-bond donors (Lipinski definition) is 0. The lowest BCUT2D eigenvalue weighted by atomic mass is 10.1. The van der Waals surface area contributed by atoms with Crippen LogP contribution >= 0.6 is 23.8 Å². The molecule has 0 bridgehead atoms. The van der Waals surface area contributed by atoms with Crippen molar-refractivity contribution in [2.45, 2.75) is 33.0 Å². The van der Waals surface area contributed by atoms with E-state index in [9.17, 15) is 8.42 Å². The second-order valence-corrected chi connectivity index (χ2v) is 10.9. The van der Waals surface area contributed by atoms with Crippen molar-refractivity contribution in [3.63, 3.8) is 0 Å². The average molecular weight is 477 g/mol. The van der Waals surface area contributed by atoms with E-state index in [-0.39, 0.29) is 17.5 Å². The van der Waals surface area contributed by atoms with Crippen LogP contribution in [0.2, 0.25) is 5.02 Å². The van der Waals surface area contributed by atoms with Gasteiger partial charge in [-0.25, -0.2) is 13.1 Å². The molecule has 1 aromatic heterocycles. The van der Waals surface area contributed by atoms with Gasteiger partial charge in [-0.3, -0.25) is 9.47 Å². The van der Waals surface area contributed by atoms with Crippen molar-refractivity contribution >= 4 is 33.7 Å². The number of aryl methyl sites for hydroxylation is 1. The van der Waals surface area contributed by atoms with Crippen LogP contribution in [-0.4, -0.2) is 51.8 Å². The molecule has 1 saturated heterocycles. The van der Waals surface area contributed by atoms with E-state index in [1.165, 1.54) is 5.56 Å². The lowest BCUT2D eigenvalue weighted by molar-refractivity contribution is 0.164. The molecule has 2 aromatic carbocycles. The van der Waals surface area contributed by atoms with Crippen molar-refractivity contribution < 1.29 is 8.42 Å². The summed E-state index contributed by atoms with van der Waals surface area (Å²) in [7, 11) is -2.97. The maximum Gasteiger partial charge on any atom is 0.204 e. The minimum absolute atomic E-state index is 0.0135. The van der Waals surface area contributed by atoms with Gasteiger partial charge in [0.1, 0.15) is 0 Å². The summed E-state index contributed by atoms with van der Waals surface area (Å²) in [5, 5.41) is 5.51. The van der Waals surface area contributed by atoms with Crippen molar-refractivity contribution in [1.29, 1.82) is 0 Å². The van der Waals surface area contributed by atoms with Gasteiger partial charge in [-0.1, -0.05) is 48.4 Å². The normalized spacial score (nSPS) is 18.0. The second-order valence-electron chi connectivity index (χ2n) is 7.89. The van der Waals surface area contributed by atoms with Gasteiger partial charge in [-0.05, 0) is 56.4 Å². The van der Waals surface area contributed by atoms with Crippen LogP contribution in [0.5, 0.6) is 0 Å². The van der Waals surface area contributed by atoms with Crippen molar-refractivity contribution in [3.05, 3.63) is 63.9 Å². The fourth-order valence-corrected chi connectivity index (χ4v) is 6.10.